The Balaban J connectivity index is 2.22. The Labute approximate surface area is 37.7 Å². The van der Waals surface area contributed by atoms with E-state index in [2.05, 4.69) is 11.2 Å². The molecule has 32 valence electrons. The molecule has 0 radical (unpaired) electrons. The van der Waals surface area contributed by atoms with Gasteiger partial charge in [0, 0.05) is 0 Å². The average Bonchev–Trinajstić information content (AvgIpc) is 1.31. The van der Waals surface area contributed by atoms with Crippen molar-refractivity contribution in [3.05, 3.63) is 5.32 Å². The second-order valence-corrected chi connectivity index (χ2v) is 1.45. The van der Waals surface area contributed by atoms with Crippen molar-refractivity contribution in [1.82, 2.24) is 0 Å². The molecule has 0 atom stereocenters. The van der Waals surface area contributed by atoms with Gasteiger partial charge in [0.1, 0.15) is 0 Å². The van der Waals surface area contributed by atoms with Crippen molar-refractivity contribution < 1.29 is 0 Å². The van der Waals surface area contributed by atoms with Crippen molar-refractivity contribution in [3.63, 3.8) is 0 Å². The summed E-state index contributed by atoms with van der Waals surface area (Å²) in [6.07, 6.45) is 5.02. The van der Waals surface area contributed by atoms with Gasteiger partial charge in [-0.1, -0.05) is 0 Å². The molecule has 1 fully saturated rings. The fourth-order valence-electron chi connectivity index (χ4n) is 0.364. The maximum Gasteiger partial charge on any atom is -0.0176 e. The number of nitrogens with zero attached hydrogens (tertiary/aromatic N) is 1. The topological polar surface area (TPSA) is 14.1 Å². The Morgan fingerprint density at radius 3 is 2.33 bits per heavy atom. The quantitative estimate of drug-likeness (QED) is 0.379. The SMILES string of the molecule is C#CC1C[N-]C1. The van der Waals surface area contributed by atoms with Gasteiger partial charge in [0.15, 0.2) is 0 Å². The van der Waals surface area contributed by atoms with Crippen LogP contribution >= 0.6 is 0 Å². The molecule has 0 unspecified atom stereocenters. The van der Waals surface area contributed by atoms with Gasteiger partial charge in [-0.25, -0.2) is 0 Å². The molecular formula is C5H6N-. The van der Waals surface area contributed by atoms with Crippen LogP contribution in [0.15, 0.2) is 0 Å². The average molecular weight is 80.1 g/mol. The van der Waals surface area contributed by atoms with Gasteiger partial charge in [0.25, 0.3) is 0 Å². The van der Waals surface area contributed by atoms with E-state index in [4.69, 9.17) is 6.42 Å². The summed E-state index contributed by atoms with van der Waals surface area (Å²) in [5.74, 6) is 3.08. The standard InChI is InChI=1S/C5H6N/c1-2-5-3-6-4-5/h1,5H,3-4H2/q-1. The van der Waals surface area contributed by atoms with Gasteiger partial charge in [-0.3, -0.25) is 0 Å². The van der Waals surface area contributed by atoms with E-state index in [0.29, 0.717) is 5.92 Å². The van der Waals surface area contributed by atoms with Gasteiger partial charge < -0.3 is 5.32 Å². The van der Waals surface area contributed by atoms with E-state index in [0.717, 1.165) is 13.1 Å². The highest BCUT2D eigenvalue weighted by Crippen LogP contribution is 2.13. The molecule has 0 aromatic rings. The van der Waals surface area contributed by atoms with Crippen LogP contribution in [-0.2, 0) is 0 Å². The predicted octanol–water partition coefficient (Wildman–Crippen LogP) is 0.623. The molecule has 1 aliphatic heterocycles. The van der Waals surface area contributed by atoms with E-state index in [1.54, 1.807) is 0 Å². The van der Waals surface area contributed by atoms with Gasteiger partial charge in [0.2, 0.25) is 0 Å². The molecular weight excluding hydrogens is 74.1 g/mol. The van der Waals surface area contributed by atoms with E-state index in [1.165, 1.54) is 0 Å². The first-order chi connectivity index (χ1) is 2.93. The number of rotatable bonds is 0. The van der Waals surface area contributed by atoms with E-state index in [-0.39, 0.29) is 0 Å². The maximum absolute atomic E-state index is 5.02. The molecule has 0 amide bonds. The summed E-state index contributed by atoms with van der Waals surface area (Å²) in [5, 5.41) is 3.93. The molecule has 0 N–H and O–H groups in total. The summed E-state index contributed by atoms with van der Waals surface area (Å²) in [6.45, 7) is 1.80. The Bertz CT molecular complexity index is 76.4. The van der Waals surface area contributed by atoms with Crippen LogP contribution in [0.3, 0.4) is 0 Å². The van der Waals surface area contributed by atoms with Gasteiger partial charge in [-0.05, 0) is 5.92 Å². The first-order valence-corrected chi connectivity index (χ1v) is 2.03. The highest BCUT2D eigenvalue weighted by atomic mass is 14.9. The minimum absolute atomic E-state index is 0.477. The van der Waals surface area contributed by atoms with Gasteiger partial charge >= 0.3 is 0 Å². The smallest absolute Gasteiger partial charge is 0.0176 e. The lowest BCUT2D eigenvalue weighted by atomic mass is 10.1. The van der Waals surface area contributed by atoms with Crippen LogP contribution in [0.4, 0.5) is 0 Å². The molecule has 0 spiro atoms. The number of terminal acetylenes is 1. The highest BCUT2D eigenvalue weighted by Gasteiger charge is 1.98. The lowest BCUT2D eigenvalue weighted by molar-refractivity contribution is 0.651. The molecule has 0 aromatic carbocycles. The van der Waals surface area contributed by atoms with E-state index >= 15 is 0 Å². The predicted molar refractivity (Wildman–Crippen MR) is 25.4 cm³/mol. The van der Waals surface area contributed by atoms with E-state index in [9.17, 15) is 0 Å². The van der Waals surface area contributed by atoms with Gasteiger partial charge in [-0.15, -0.1) is 25.4 Å². The fourth-order valence-corrected chi connectivity index (χ4v) is 0.364. The third-order valence-corrected chi connectivity index (χ3v) is 0.935. The number of hydrogen-bond donors (Lipinski definition) is 0. The Hall–Kier alpha value is -0.480. The Morgan fingerprint density at radius 1 is 1.67 bits per heavy atom. The van der Waals surface area contributed by atoms with Crippen LogP contribution in [0, 0.1) is 18.3 Å². The molecule has 1 nitrogen and oxygen atoms in total. The molecule has 1 aliphatic rings. The van der Waals surface area contributed by atoms with Crippen LogP contribution < -0.4 is 0 Å². The Morgan fingerprint density at radius 2 is 2.33 bits per heavy atom. The van der Waals surface area contributed by atoms with Crippen molar-refractivity contribution in [2.75, 3.05) is 13.1 Å². The van der Waals surface area contributed by atoms with Crippen molar-refractivity contribution in [3.8, 4) is 12.3 Å². The van der Waals surface area contributed by atoms with Crippen molar-refractivity contribution >= 4 is 0 Å². The molecule has 1 rings (SSSR count). The summed E-state index contributed by atoms with van der Waals surface area (Å²) in [5.41, 5.74) is 0. The first kappa shape index (κ1) is 3.70. The lowest BCUT2D eigenvalue weighted by Crippen LogP contribution is -2.19. The zero-order valence-corrected chi connectivity index (χ0v) is 3.52. The second-order valence-electron chi connectivity index (χ2n) is 1.45. The summed E-state index contributed by atoms with van der Waals surface area (Å²) in [7, 11) is 0. The maximum atomic E-state index is 5.02. The highest BCUT2D eigenvalue weighted by molar-refractivity contribution is 5.12. The largest absolute Gasteiger partial charge is 0.660 e. The minimum Gasteiger partial charge on any atom is -0.660 e. The molecule has 0 aromatic heterocycles. The second kappa shape index (κ2) is 1.32. The van der Waals surface area contributed by atoms with Crippen LogP contribution in [0.25, 0.3) is 5.32 Å². The van der Waals surface area contributed by atoms with Gasteiger partial charge in [0.05, 0.1) is 0 Å². The molecule has 1 heterocycles. The van der Waals surface area contributed by atoms with E-state index in [1.807, 2.05) is 0 Å². The Kier molecular flexibility index (Phi) is 0.813. The third kappa shape index (κ3) is 0.395. The fraction of sp³-hybridized carbons (Fsp3) is 0.600. The normalized spacial score (nSPS) is 21.8. The molecule has 6 heavy (non-hydrogen) atoms. The van der Waals surface area contributed by atoms with Crippen LogP contribution in [0.2, 0.25) is 0 Å². The lowest BCUT2D eigenvalue weighted by Gasteiger charge is -2.37. The summed E-state index contributed by atoms with van der Waals surface area (Å²) >= 11 is 0. The molecule has 0 saturated carbocycles. The zero-order valence-electron chi connectivity index (χ0n) is 3.52. The van der Waals surface area contributed by atoms with Crippen LogP contribution in [0.5, 0.6) is 0 Å². The van der Waals surface area contributed by atoms with Crippen molar-refractivity contribution in [2.24, 2.45) is 5.92 Å². The molecule has 0 aliphatic carbocycles. The minimum atomic E-state index is 0.477. The molecule has 1 saturated heterocycles. The summed E-state index contributed by atoms with van der Waals surface area (Å²) in [6, 6.07) is 0. The number of hydrogen-bond acceptors (Lipinski definition) is 0. The monoisotopic (exact) mass is 80.1 g/mol. The molecule has 0 bridgehead atoms. The van der Waals surface area contributed by atoms with Crippen LogP contribution in [-0.4, -0.2) is 13.1 Å². The first-order valence-electron chi connectivity index (χ1n) is 2.03. The van der Waals surface area contributed by atoms with Crippen LogP contribution in [0.1, 0.15) is 0 Å². The molecule has 1 heteroatoms. The summed E-state index contributed by atoms with van der Waals surface area (Å²) < 4.78 is 0. The van der Waals surface area contributed by atoms with Crippen molar-refractivity contribution in [2.45, 2.75) is 0 Å². The van der Waals surface area contributed by atoms with E-state index < -0.39 is 0 Å². The zero-order chi connectivity index (χ0) is 4.41. The van der Waals surface area contributed by atoms with Gasteiger partial charge in [-0.2, -0.15) is 0 Å². The van der Waals surface area contributed by atoms with Crippen molar-refractivity contribution in [1.29, 1.82) is 0 Å². The summed E-state index contributed by atoms with van der Waals surface area (Å²) in [4.78, 5) is 0. The third-order valence-electron chi connectivity index (χ3n) is 0.935.